The number of benzene rings is 2. The van der Waals surface area contributed by atoms with Gasteiger partial charge in [0.15, 0.2) is 17.7 Å². The highest BCUT2D eigenvalue weighted by Gasteiger charge is 2.42. The molecule has 36 heavy (non-hydrogen) atoms. The van der Waals surface area contributed by atoms with E-state index in [0.29, 0.717) is 51.7 Å². The molecule has 6 heteroatoms. The first kappa shape index (κ1) is 22.9. The van der Waals surface area contributed by atoms with Crippen molar-refractivity contribution >= 4 is 23.0 Å². The van der Waals surface area contributed by atoms with Crippen LogP contribution in [0.15, 0.2) is 70.4 Å². The van der Waals surface area contributed by atoms with E-state index in [1.807, 2.05) is 31.2 Å². The predicted molar refractivity (Wildman–Crippen MR) is 140 cm³/mol. The van der Waals surface area contributed by atoms with Gasteiger partial charge in [-0.1, -0.05) is 37.3 Å². The number of aryl methyl sites for hydroxylation is 1. The van der Waals surface area contributed by atoms with Crippen molar-refractivity contribution < 1.29 is 14.3 Å². The fourth-order valence-corrected chi connectivity index (χ4v) is 5.58. The molecule has 6 rings (SSSR count). The topological polar surface area (TPSA) is 71.0 Å². The van der Waals surface area contributed by atoms with Gasteiger partial charge in [0.05, 0.1) is 16.9 Å². The highest BCUT2D eigenvalue weighted by molar-refractivity contribution is 6.40. The Labute approximate surface area is 211 Å². The quantitative estimate of drug-likeness (QED) is 0.621. The van der Waals surface area contributed by atoms with Crippen molar-refractivity contribution in [3.8, 4) is 5.75 Å². The summed E-state index contributed by atoms with van der Waals surface area (Å²) in [6, 6.07) is 12.9. The summed E-state index contributed by atoms with van der Waals surface area (Å²) in [4.78, 5) is 34.8. The van der Waals surface area contributed by atoms with E-state index in [2.05, 4.69) is 17.1 Å². The summed E-state index contributed by atoms with van der Waals surface area (Å²) in [6.45, 7) is 8.36. The van der Waals surface area contributed by atoms with Crippen molar-refractivity contribution in [2.45, 2.75) is 39.2 Å². The van der Waals surface area contributed by atoms with Crippen LogP contribution in [-0.2, 0) is 0 Å². The van der Waals surface area contributed by atoms with Crippen molar-refractivity contribution in [3.05, 3.63) is 82.1 Å². The molecule has 0 aromatic heterocycles. The molecule has 1 unspecified atom stereocenters. The van der Waals surface area contributed by atoms with Crippen LogP contribution >= 0.6 is 0 Å². The predicted octanol–water partition coefficient (Wildman–Crippen LogP) is 4.81. The first-order valence-electron chi connectivity index (χ1n) is 13.0. The van der Waals surface area contributed by atoms with Gasteiger partial charge >= 0.3 is 0 Å². The number of likely N-dealkylation sites (tertiary alicyclic amines) is 1. The molecule has 2 aromatic rings. The van der Waals surface area contributed by atoms with Crippen LogP contribution in [0.5, 0.6) is 5.75 Å². The van der Waals surface area contributed by atoms with Crippen LogP contribution in [0.1, 0.15) is 52.5 Å². The number of allylic oxidation sites excluding steroid dienone is 1. The third-order valence-corrected chi connectivity index (χ3v) is 7.69. The zero-order valence-electron chi connectivity index (χ0n) is 20.8. The van der Waals surface area contributed by atoms with E-state index in [-0.39, 0.29) is 11.6 Å². The van der Waals surface area contributed by atoms with E-state index in [0.717, 1.165) is 37.5 Å². The maximum absolute atomic E-state index is 13.7. The summed E-state index contributed by atoms with van der Waals surface area (Å²) in [5.41, 5.74) is 4.59. The Morgan fingerprint density at radius 1 is 1.03 bits per heavy atom. The lowest BCUT2D eigenvalue weighted by Gasteiger charge is -2.34. The number of aliphatic imine (C=N–C) groups is 1. The minimum absolute atomic E-state index is 0.139. The molecule has 0 saturated carbocycles. The summed E-state index contributed by atoms with van der Waals surface area (Å²) in [7, 11) is 0. The number of piperidine rings is 1. The number of Topliss-reactive ketones (excluding diaryl/α,β-unsaturated/α-hetero) is 2. The molecule has 184 valence electrons. The molecule has 2 aromatic carbocycles. The number of carbonyl (C=O) groups is 2. The van der Waals surface area contributed by atoms with Gasteiger partial charge < -0.3 is 15.0 Å². The molecule has 6 nitrogen and oxygen atoms in total. The number of carbonyl (C=O) groups excluding carboxylic acids is 2. The molecule has 1 saturated heterocycles. The Kier molecular flexibility index (Phi) is 5.84. The van der Waals surface area contributed by atoms with Gasteiger partial charge in [0.25, 0.3) is 0 Å². The van der Waals surface area contributed by atoms with Crippen molar-refractivity contribution in [1.82, 2.24) is 10.2 Å². The highest BCUT2D eigenvalue weighted by Crippen LogP contribution is 2.41. The summed E-state index contributed by atoms with van der Waals surface area (Å²) < 4.78 is 6.30. The van der Waals surface area contributed by atoms with Crippen molar-refractivity contribution in [3.63, 3.8) is 0 Å². The highest BCUT2D eigenvalue weighted by atomic mass is 16.5. The van der Waals surface area contributed by atoms with Crippen LogP contribution in [0.4, 0.5) is 5.69 Å². The van der Waals surface area contributed by atoms with E-state index >= 15 is 0 Å². The molecule has 0 bridgehead atoms. The number of ketones is 2. The molecule has 2 heterocycles. The first-order chi connectivity index (χ1) is 17.5. The fraction of sp³-hybridized carbons (Fsp3) is 0.367. The molecule has 1 N–H and O–H groups in total. The molecule has 0 spiro atoms. The maximum Gasteiger partial charge on any atom is 0.196 e. The van der Waals surface area contributed by atoms with Crippen LogP contribution < -0.4 is 10.1 Å². The van der Waals surface area contributed by atoms with Crippen LogP contribution in [-0.4, -0.2) is 54.5 Å². The molecule has 1 atom stereocenters. The Hall–Kier alpha value is -3.51. The lowest BCUT2D eigenvalue weighted by Crippen LogP contribution is -2.42. The van der Waals surface area contributed by atoms with E-state index in [9.17, 15) is 9.59 Å². The Morgan fingerprint density at radius 3 is 2.50 bits per heavy atom. The van der Waals surface area contributed by atoms with Crippen molar-refractivity contribution in [2.24, 2.45) is 10.9 Å². The molecule has 4 aliphatic rings. The minimum Gasteiger partial charge on any atom is -0.478 e. The summed E-state index contributed by atoms with van der Waals surface area (Å²) in [5.74, 6) is 1.19. The number of ether oxygens (including phenoxy) is 1. The van der Waals surface area contributed by atoms with E-state index in [1.165, 1.54) is 12.8 Å². The van der Waals surface area contributed by atoms with Gasteiger partial charge in [-0.2, -0.15) is 0 Å². The van der Waals surface area contributed by atoms with Gasteiger partial charge in [-0.15, -0.1) is 0 Å². The van der Waals surface area contributed by atoms with Crippen molar-refractivity contribution in [2.75, 3.05) is 26.2 Å². The summed E-state index contributed by atoms with van der Waals surface area (Å²) in [6.07, 6.45) is 4.87. The SMILES string of the molecule is Cc1ccc2c(c1)N=C1C3=C(C(=O)c4ccccc4C3=O)C(NCCCN3CCC(C)CC3)=CC1O2. The average Bonchev–Trinajstić information content (AvgIpc) is 2.89. The van der Waals surface area contributed by atoms with Crippen molar-refractivity contribution in [1.29, 1.82) is 0 Å². The number of fused-ring (bicyclic) bond motifs is 4. The van der Waals surface area contributed by atoms with E-state index in [4.69, 9.17) is 9.73 Å². The fourth-order valence-electron chi connectivity index (χ4n) is 5.58. The molecule has 0 amide bonds. The molecule has 2 aliphatic heterocycles. The number of hydrogen-bond donors (Lipinski definition) is 1. The number of rotatable bonds is 5. The third-order valence-electron chi connectivity index (χ3n) is 7.69. The maximum atomic E-state index is 13.7. The van der Waals surface area contributed by atoms with Gasteiger partial charge in [-0.25, -0.2) is 4.99 Å². The summed E-state index contributed by atoms with van der Waals surface area (Å²) in [5, 5.41) is 3.49. The number of nitrogens with one attached hydrogen (secondary N) is 1. The monoisotopic (exact) mass is 481 g/mol. The molecule has 1 fully saturated rings. The van der Waals surface area contributed by atoms with Crippen LogP contribution in [0.3, 0.4) is 0 Å². The Balaban J connectivity index is 1.32. The van der Waals surface area contributed by atoms with E-state index < -0.39 is 6.10 Å². The Morgan fingerprint density at radius 2 is 1.75 bits per heavy atom. The zero-order chi connectivity index (χ0) is 24.8. The van der Waals surface area contributed by atoms with Crippen LogP contribution in [0.25, 0.3) is 0 Å². The number of nitrogens with zero attached hydrogens (tertiary/aromatic N) is 2. The second kappa shape index (κ2) is 9.17. The normalized spacial score (nSPS) is 21.6. The third kappa shape index (κ3) is 3.99. The first-order valence-corrected chi connectivity index (χ1v) is 13.0. The average molecular weight is 482 g/mol. The minimum atomic E-state index is -0.521. The lowest BCUT2D eigenvalue weighted by molar-refractivity contribution is 0.0978. The van der Waals surface area contributed by atoms with Crippen LogP contribution in [0.2, 0.25) is 0 Å². The molecule has 2 aliphatic carbocycles. The molecular weight excluding hydrogens is 450 g/mol. The lowest BCUT2D eigenvalue weighted by atomic mass is 9.76. The summed E-state index contributed by atoms with van der Waals surface area (Å²) >= 11 is 0. The van der Waals surface area contributed by atoms with Gasteiger partial charge in [0, 0.05) is 23.4 Å². The van der Waals surface area contributed by atoms with E-state index in [1.54, 1.807) is 24.3 Å². The number of hydrogen-bond acceptors (Lipinski definition) is 6. The zero-order valence-corrected chi connectivity index (χ0v) is 20.8. The molecule has 0 radical (unpaired) electrons. The van der Waals surface area contributed by atoms with Gasteiger partial charge in [0.1, 0.15) is 11.4 Å². The largest absolute Gasteiger partial charge is 0.478 e. The van der Waals surface area contributed by atoms with Gasteiger partial charge in [0.2, 0.25) is 0 Å². The van der Waals surface area contributed by atoms with Gasteiger partial charge in [-0.3, -0.25) is 9.59 Å². The second-order valence-electron chi connectivity index (χ2n) is 10.3. The smallest absolute Gasteiger partial charge is 0.196 e. The Bertz CT molecular complexity index is 1340. The standard InChI is InChI=1S/C30H31N3O3/c1-18-10-14-33(15-11-18)13-5-12-31-23-17-25-28(32-22-16-19(2)8-9-24(22)36-25)27-26(23)29(34)20-6-3-4-7-21(20)30(27)35/h3-4,6-9,16-18,25,31H,5,10-15H2,1-2H3. The molecular formula is C30H31N3O3. The second-order valence-corrected chi connectivity index (χ2v) is 10.3. The van der Waals surface area contributed by atoms with Gasteiger partial charge in [-0.05, 0) is 75.5 Å². The van der Waals surface area contributed by atoms with Crippen LogP contribution in [0, 0.1) is 12.8 Å².